The van der Waals surface area contributed by atoms with Crippen molar-refractivity contribution < 1.29 is 12.8 Å². The molecule has 0 bridgehead atoms. The van der Waals surface area contributed by atoms with Gasteiger partial charge in [0.25, 0.3) is 0 Å². The maximum atomic E-state index is 11.6. The molecule has 112 valence electrons. The minimum atomic E-state index is -2.93. The molecule has 21 heavy (non-hydrogen) atoms. The summed E-state index contributed by atoms with van der Waals surface area (Å²) in [6.45, 7) is 2.28. The fourth-order valence-electron chi connectivity index (χ4n) is 2.46. The van der Waals surface area contributed by atoms with E-state index in [4.69, 9.17) is 4.42 Å². The SMILES string of the molecule is CC1(NCc2nnc(-c3ccccc3)o2)CCS(=O)(=O)C1. The Morgan fingerprint density at radius 2 is 2.05 bits per heavy atom. The highest BCUT2D eigenvalue weighted by Gasteiger charge is 2.38. The van der Waals surface area contributed by atoms with Crippen LogP contribution in [0, 0.1) is 0 Å². The summed E-state index contributed by atoms with van der Waals surface area (Å²) in [6, 6.07) is 9.53. The topological polar surface area (TPSA) is 85.1 Å². The van der Waals surface area contributed by atoms with Gasteiger partial charge in [0.05, 0.1) is 18.1 Å². The van der Waals surface area contributed by atoms with Crippen molar-refractivity contribution >= 4 is 9.84 Å². The lowest BCUT2D eigenvalue weighted by Crippen LogP contribution is -2.42. The molecule has 1 saturated heterocycles. The van der Waals surface area contributed by atoms with Crippen LogP contribution in [0.3, 0.4) is 0 Å². The molecule has 0 amide bonds. The van der Waals surface area contributed by atoms with Gasteiger partial charge in [0.15, 0.2) is 9.84 Å². The van der Waals surface area contributed by atoms with Crippen LogP contribution in [-0.2, 0) is 16.4 Å². The average molecular weight is 307 g/mol. The van der Waals surface area contributed by atoms with Crippen LogP contribution in [-0.4, -0.2) is 35.7 Å². The van der Waals surface area contributed by atoms with E-state index in [-0.39, 0.29) is 11.5 Å². The monoisotopic (exact) mass is 307 g/mol. The van der Waals surface area contributed by atoms with Gasteiger partial charge >= 0.3 is 0 Å². The molecule has 1 N–H and O–H groups in total. The third kappa shape index (κ3) is 3.30. The summed E-state index contributed by atoms with van der Waals surface area (Å²) in [7, 11) is -2.93. The number of hydrogen-bond donors (Lipinski definition) is 1. The fraction of sp³-hybridized carbons (Fsp3) is 0.429. The Hall–Kier alpha value is -1.73. The van der Waals surface area contributed by atoms with Crippen LogP contribution in [0.25, 0.3) is 11.5 Å². The summed E-state index contributed by atoms with van der Waals surface area (Å²) in [5.74, 6) is 1.31. The van der Waals surface area contributed by atoms with Gasteiger partial charge in [-0.05, 0) is 25.5 Å². The zero-order valence-electron chi connectivity index (χ0n) is 11.7. The molecule has 0 aliphatic carbocycles. The molecule has 2 aromatic rings. The quantitative estimate of drug-likeness (QED) is 0.919. The van der Waals surface area contributed by atoms with Crippen molar-refractivity contribution in [3.05, 3.63) is 36.2 Å². The van der Waals surface area contributed by atoms with E-state index in [0.29, 0.717) is 24.7 Å². The molecule has 2 heterocycles. The van der Waals surface area contributed by atoms with Gasteiger partial charge in [0.2, 0.25) is 11.8 Å². The highest BCUT2D eigenvalue weighted by atomic mass is 32.2. The van der Waals surface area contributed by atoms with Crippen molar-refractivity contribution in [1.29, 1.82) is 0 Å². The maximum Gasteiger partial charge on any atom is 0.247 e. The summed E-state index contributed by atoms with van der Waals surface area (Å²) < 4.78 is 28.7. The van der Waals surface area contributed by atoms with Gasteiger partial charge in [-0.25, -0.2) is 8.42 Å². The number of nitrogens with one attached hydrogen (secondary N) is 1. The lowest BCUT2D eigenvalue weighted by Gasteiger charge is -2.22. The first-order valence-corrected chi connectivity index (χ1v) is 8.61. The predicted octanol–water partition coefficient (Wildman–Crippen LogP) is 1.40. The molecule has 1 aliphatic heterocycles. The first-order valence-electron chi connectivity index (χ1n) is 6.79. The van der Waals surface area contributed by atoms with Crippen LogP contribution in [0.1, 0.15) is 19.2 Å². The van der Waals surface area contributed by atoms with Gasteiger partial charge in [0.1, 0.15) is 0 Å². The third-order valence-corrected chi connectivity index (χ3v) is 5.56. The first-order chi connectivity index (χ1) is 9.96. The molecule has 1 atom stereocenters. The van der Waals surface area contributed by atoms with Crippen molar-refractivity contribution in [3.8, 4) is 11.5 Å². The Kier molecular flexibility index (Phi) is 3.54. The lowest BCUT2D eigenvalue weighted by atomic mass is 10.0. The van der Waals surface area contributed by atoms with E-state index in [1.165, 1.54) is 0 Å². The average Bonchev–Trinajstić information content (AvgIpc) is 3.03. The number of aromatic nitrogens is 2. The Balaban J connectivity index is 1.66. The molecule has 0 radical (unpaired) electrons. The molecular formula is C14H17N3O3S. The molecule has 6 nitrogen and oxygen atoms in total. The van der Waals surface area contributed by atoms with E-state index >= 15 is 0 Å². The van der Waals surface area contributed by atoms with Gasteiger partial charge in [-0.3, -0.25) is 0 Å². The van der Waals surface area contributed by atoms with Crippen LogP contribution in [0.15, 0.2) is 34.7 Å². The van der Waals surface area contributed by atoms with Crippen LogP contribution in [0.2, 0.25) is 0 Å². The molecular weight excluding hydrogens is 290 g/mol. The minimum absolute atomic E-state index is 0.152. The number of hydrogen-bond acceptors (Lipinski definition) is 6. The summed E-state index contributed by atoms with van der Waals surface area (Å²) in [4.78, 5) is 0. The first kappa shape index (κ1) is 14.2. The number of rotatable bonds is 4. The van der Waals surface area contributed by atoms with E-state index in [1.807, 2.05) is 37.3 Å². The number of nitrogens with zero attached hydrogens (tertiary/aromatic N) is 2. The molecule has 3 rings (SSSR count). The largest absolute Gasteiger partial charge is 0.419 e. The molecule has 7 heteroatoms. The number of benzene rings is 1. The number of sulfone groups is 1. The second kappa shape index (κ2) is 5.23. The van der Waals surface area contributed by atoms with E-state index in [1.54, 1.807) is 0 Å². The molecule has 1 fully saturated rings. The van der Waals surface area contributed by atoms with Crippen LogP contribution >= 0.6 is 0 Å². The standard InChI is InChI=1S/C14H17N3O3S/c1-14(7-8-21(18,19)10-14)15-9-12-16-17-13(20-12)11-5-3-2-4-6-11/h2-6,15H,7-10H2,1H3. The smallest absolute Gasteiger partial charge is 0.247 e. The maximum absolute atomic E-state index is 11.6. The summed E-state index contributed by atoms with van der Waals surface area (Å²) in [5.41, 5.74) is 0.450. The van der Waals surface area contributed by atoms with Gasteiger partial charge in [-0.2, -0.15) is 0 Å². The van der Waals surface area contributed by atoms with Crippen LogP contribution in [0.5, 0.6) is 0 Å². The highest BCUT2D eigenvalue weighted by Crippen LogP contribution is 2.23. The van der Waals surface area contributed by atoms with Gasteiger partial charge in [-0.15, -0.1) is 10.2 Å². The van der Waals surface area contributed by atoms with E-state index in [0.717, 1.165) is 5.56 Å². The molecule has 1 aromatic carbocycles. The molecule has 0 saturated carbocycles. The van der Waals surface area contributed by atoms with E-state index < -0.39 is 15.4 Å². The second-order valence-corrected chi connectivity index (χ2v) is 7.81. The summed E-state index contributed by atoms with van der Waals surface area (Å²) >= 11 is 0. The normalized spacial score (nSPS) is 24.2. The van der Waals surface area contributed by atoms with Crippen molar-refractivity contribution in [2.75, 3.05) is 11.5 Å². The van der Waals surface area contributed by atoms with Crippen molar-refractivity contribution in [3.63, 3.8) is 0 Å². The van der Waals surface area contributed by atoms with Crippen molar-refractivity contribution in [2.24, 2.45) is 0 Å². The summed E-state index contributed by atoms with van der Waals surface area (Å²) in [6.07, 6.45) is 0.606. The Labute approximate surface area is 123 Å². The Bertz CT molecular complexity index is 727. The van der Waals surface area contributed by atoms with Crippen LogP contribution < -0.4 is 5.32 Å². The zero-order chi connectivity index (χ0) is 14.9. The molecule has 1 aromatic heterocycles. The van der Waals surface area contributed by atoms with Gasteiger partial charge < -0.3 is 9.73 Å². The van der Waals surface area contributed by atoms with Crippen molar-refractivity contribution in [1.82, 2.24) is 15.5 Å². The molecule has 1 unspecified atom stereocenters. The Morgan fingerprint density at radius 3 is 2.71 bits per heavy atom. The second-order valence-electron chi connectivity index (χ2n) is 5.62. The van der Waals surface area contributed by atoms with Gasteiger partial charge in [-0.1, -0.05) is 18.2 Å². The lowest BCUT2D eigenvalue weighted by molar-refractivity contribution is 0.364. The van der Waals surface area contributed by atoms with Crippen molar-refractivity contribution in [2.45, 2.75) is 25.4 Å². The van der Waals surface area contributed by atoms with E-state index in [9.17, 15) is 8.42 Å². The van der Waals surface area contributed by atoms with Gasteiger partial charge in [0, 0.05) is 11.1 Å². The zero-order valence-corrected chi connectivity index (χ0v) is 12.6. The van der Waals surface area contributed by atoms with E-state index in [2.05, 4.69) is 15.5 Å². The fourth-order valence-corrected chi connectivity index (χ4v) is 4.58. The minimum Gasteiger partial charge on any atom is -0.419 e. The predicted molar refractivity (Wildman–Crippen MR) is 78.2 cm³/mol. The molecule has 0 spiro atoms. The highest BCUT2D eigenvalue weighted by molar-refractivity contribution is 7.91. The summed E-state index contributed by atoms with van der Waals surface area (Å²) in [5, 5.41) is 11.2. The van der Waals surface area contributed by atoms with Crippen LogP contribution in [0.4, 0.5) is 0 Å². The molecule has 1 aliphatic rings. The Morgan fingerprint density at radius 1 is 1.29 bits per heavy atom. The third-order valence-electron chi connectivity index (χ3n) is 3.66.